The van der Waals surface area contributed by atoms with Crippen LogP contribution in [0, 0.1) is 5.82 Å². The Bertz CT molecular complexity index is 957. The van der Waals surface area contributed by atoms with Gasteiger partial charge in [0.2, 0.25) is 12.2 Å². The Morgan fingerprint density at radius 1 is 1.07 bits per heavy atom. The van der Waals surface area contributed by atoms with Gasteiger partial charge in [-0.2, -0.15) is 0 Å². The van der Waals surface area contributed by atoms with E-state index in [9.17, 15) is 4.39 Å². The van der Waals surface area contributed by atoms with Crippen molar-refractivity contribution < 1.29 is 13.9 Å². The molecule has 3 aromatic rings. The van der Waals surface area contributed by atoms with Crippen LogP contribution < -0.4 is 4.90 Å². The van der Waals surface area contributed by atoms with Crippen molar-refractivity contribution in [2.24, 2.45) is 0 Å². The van der Waals surface area contributed by atoms with Crippen molar-refractivity contribution in [3.8, 4) is 11.3 Å². The van der Waals surface area contributed by atoms with E-state index < -0.39 is 6.29 Å². The van der Waals surface area contributed by atoms with Crippen molar-refractivity contribution in [2.75, 3.05) is 31.2 Å². The Balaban J connectivity index is 1.47. The summed E-state index contributed by atoms with van der Waals surface area (Å²) in [6.07, 6.45) is 4.84. The smallest absolute Gasteiger partial charge is 0.225 e. The van der Waals surface area contributed by atoms with E-state index in [2.05, 4.69) is 19.9 Å². The first kappa shape index (κ1) is 18.2. The number of rotatable bonds is 4. The highest BCUT2D eigenvalue weighted by Gasteiger charge is 2.31. The van der Waals surface area contributed by atoms with Gasteiger partial charge in [0, 0.05) is 42.7 Å². The molecule has 2 aromatic heterocycles. The monoisotopic (exact) mass is 395 g/mol. The quantitative estimate of drug-likeness (QED) is 0.729. The second kappa shape index (κ2) is 7.88. The lowest BCUT2D eigenvalue weighted by Crippen LogP contribution is -2.21. The molecule has 8 heteroatoms. The first-order chi connectivity index (χ1) is 14.3. The lowest BCUT2D eigenvalue weighted by atomic mass is 9.99. The summed E-state index contributed by atoms with van der Waals surface area (Å²) in [5.41, 5.74) is 2.70. The summed E-state index contributed by atoms with van der Waals surface area (Å²) in [7, 11) is 0. The van der Waals surface area contributed by atoms with Crippen LogP contribution in [0.1, 0.15) is 36.6 Å². The van der Waals surface area contributed by atoms with Gasteiger partial charge in [-0.05, 0) is 43.2 Å². The number of nitrogens with one attached hydrogen (secondary N) is 1. The van der Waals surface area contributed by atoms with Gasteiger partial charge in [-0.15, -0.1) is 0 Å². The molecule has 1 aromatic carbocycles. The molecule has 0 aliphatic carbocycles. The second-order valence-electron chi connectivity index (χ2n) is 7.30. The largest absolute Gasteiger partial charge is 0.346 e. The van der Waals surface area contributed by atoms with E-state index in [0.29, 0.717) is 19.0 Å². The maximum Gasteiger partial charge on any atom is 0.225 e. The molecule has 0 spiro atoms. The molecule has 29 heavy (non-hydrogen) atoms. The van der Waals surface area contributed by atoms with Crippen molar-refractivity contribution in [1.82, 2.24) is 19.9 Å². The molecule has 2 saturated heterocycles. The van der Waals surface area contributed by atoms with Crippen molar-refractivity contribution in [2.45, 2.75) is 25.0 Å². The van der Waals surface area contributed by atoms with Gasteiger partial charge in [-0.1, -0.05) is 0 Å². The van der Waals surface area contributed by atoms with E-state index in [-0.39, 0.29) is 11.7 Å². The fourth-order valence-corrected chi connectivity index (χ4v) is 3.92. The van der Waals surface area contributed by atoms with Crippen LogP contribution in [0.5, 0.6) is 0 Å². The number of anilines is 1. The van der Waals surface area contributed by atoms with Gasteiger partial charge < -0.3 is 19.4 Å². The molecule has 2 fully saturated rings. The van der Waals surface area contributed by atoms with Gasteiger partial charge in [-0.25, -0.2) is 19.3 Å². The third kappa shape index (κ3) is 3.73. The maximum absolute atomic E-state index is 13.5. The summed E-state index contributed by atoms with van der Waals surface area (Å²) < 4.78 is 24.9. The number of halogens is 1. The molecule has 1 atom stereocenters. The van der Waals surface area contributed by atoms with E-state index in [0.717, 1.165) is 48.8 Å². The van der Waals surface area contributed by atoms with E-state index >= 15 is 0 Å². The van der Waals surface area contributed by atoms with Crippen LogP contribution in [0.15, 0.2) is 42.7 Å². The average Bonchev–Trinajstić information content (AvgIpc) is 3.43. The zero-order chi connectivity index (χ0) is 19.6. The maximum atomic E-state index is 13.5. The first-order valence-corrected chi connectivity index (χ1v) is 9.89. The first-order valence-electron chi connectivity index (χ1n) is 9.89. The zero-order valence-corrected chi connectivity index (χ0v) is 15.9. The van der Waals surface area contributed by atoms with Gasteiger partial charge in [0.1, 0.15) is 5.82 Å². The number of aromatic nitrogens is 4. The summed E-state index contributed by atoms with van der Waals surface area (Å²) in [5.74, 6) is 1.35. The number of nitrogens with zero attached hydrogens (tertiary/aromatic N) is 4. The number of aromatic amines is 1. The van der Waals surface area contributed by atoms with Gasteiger partial charge >= 0.3 is 0 Å². The molecule has 4 heterocycles. The Morgan fingerprint density at radius 2 is 1.83 bits per heavy atom. The zero-order valence-electron chi connectivity index (χ0n) is 15.9. The standard InChI is InChI=1S/C21H22FN5O2/c22-16-5-3-14(4-6-16)17-18(26-19(25-17)20-28-11-2-12-29-20)15-7-10-27(13-15)21-23-8-1-9-24-21/h1,3-6,8-9,15,20H,2,7,10-13H2,(H,25,26). The van der Waals surface area contributed by atoms with E-state index in [1.165, 1.54) is 12.1 Å². The predicted octanol–water partition coefficient (Wildman–Crippen LogP) is 3.44. The summed E-state index contributed by atoms with van der Waals surface area (Å²) >= 11 is 0. The highest BCUT2D eigenvalue weighted by Crippen LogP contribution is 2.36. The van der Waals surface area contributed by atoms with Crippen molar-refractivity contribution in [3.05, 3.63) is 60.1 Å². The van der Waals surface area contributed by atoms with Crippen molar-refractivity contribution in [1.29, 1.82) is 0 Å². The highest BCUT2D eigenvalue weighted by molar-refractivity contribution is 5.63. The number of hydrogen-bond acceptors (Lipinski definition) is 6. The highest BCUT2D eigenvalue weighted by atomic mass is 19.1. The Morgan fingerprint density at radius 3 is 2.59 bits per heavy atom. The fraction of sp³-hybridized carbons (Fsp3) is 0.381. The van der Waals surface area contributed by atoms with Crippen LogP contribution in [-0.2, 0) is 9.47 Å². The van der Waals surface area contributed by atoms with Crippen LogP contribution in [0.3, 0.4) is 0 Å². The van der Waals surface area contributed by atoms with Crippen molar-refractivity contribution >= 4 is 5.95 Å². The van der Waals surface area contributed by atoms with E-state index in [4.69, 9.17) is 14.5 Å². The fourth-order valence-electron chi connectivity index (χ4n) is 3.92. The van der Waals surface area contributed by atoms with Crippen LogP contribution in [0.25, 0.3) is 11.3 Å². The molecule has 1 unspecified atom stereocenters. The number of imidazole rings is 1. The molecule has 0 amide bonds. The van der Waals surface area contributed by atoms with Crippen LogP contribution in [-0.4, -0.2) is 46.2 Å². The molecular weight excluding hydrogens is 373 g/mol. The molecule has 5 rings (SSSR count). The number of benzene rings is 1. The normalized spacial score (nSPS) is 20.3. The minimum Gasteiger partial charge on any atom is -0.346 e. The molecule has 2 aliphatic rings. The lowest BCUT2D eigenvalue weighted by molar-refractivity contribution is -0.186. The minimum absolute atomic E-state index is 0.226. The Labute approximate surface area is 167 Å². The summed E-state index contributed by atoms with van der Waals surface area (Å²) in [6.45, 7) is 2.94. The van der Waals surface area contributed by atoms with E-state index in [1.807, 2.05) is 6.07 Å². The third-order valence-electron chi connectivity index (χ3n) is 5.35. The van der Waals surface area contributed by atoms with Gasteiger partial charge in [0.05, 0.1) is 18.9 Å². The topological polar surface area (TPSA) is 76.2 Å². The van der Waals surface area contributed by atoms with E-state index in [1.54, 1.807) is 24.5 Å². The Hall–Kier alpha value is -2.84. The van der Waals surface area contributed by atoms with Gasteiger partial charge in [0.15, 0.2) is 5.82 Å². The molecular formula is C21H22FN5O2. The van der Waals surface area contributed by atoms with Gasteiger partial charge in [-0.3, -0.25) is 0 Å². The Kier molecular flexibility index (Phi) is 4.95. The third-order valence-corrected chi connectivity index (χ3v) is 5.35. The molecule has 0 radical (unpaired) electrons. The van der Waals surface area contributed by atoms with Gasteiger partial charge in [0.25, 0.3) is 0 Å². The molecule has 0 bridgehead atoms. The number of ether oxygens (including phenoxy) is 2. The lowest BCUT2D eigenvalue weighted by Gasteiger charge is -2.21. The van der Waals surface area contributed by atoms with Crippen LogP contribution >= 0.6 is 0 Å². The second-order valence-corrected chi connectivity index (χ2v) is 7.30. The molecule has 150 valence electrons. The van der Waals surface area contributed by atoms with Crippen LogP contribution in [0.2, 0.25) is 0 Å². The molecule has 2 aliphatic heterocycles. The summed E-state index contributed by atoms with van der Waals surface area (Å²) in [5, 5.41) is 0. The average molecular weight is 395 g/mol. The van der Waals surface area contributed by atoms with Crippen LogP contribution in [0.4, 0.5) is 10.3 Å². The molecule has 1 N–H and O–H groups in total. The predicted molar refractivity (Wildman–Crippen MR) is 105 cm³/mol. The SMILES string of the molecule is Fc1ccc(-c2nc(C3OCCCO3)[nH]c2C2CCN(c3ncccn3)C2)cc1. The minimum atomic E-state index is -0.494. The molecule has 7 nitrogen and oxygen atoms in total. The number of hydrogen-bond donors (Lipinski definition) is 1. The van der Waals surface area contributed by atoms with Crippen molar-refractivity contribution in [3.63, 3.8) is 0 Å². The summed E-state index contributed by atoms with van der Waals surface area (Å²) in [6, 6.07) is 8.25. The summed E-state index contributed by atoms with van der Waals surface area (Å²) in [4.78, 5) is 19.2. The molecule has 0 saturated carbocycles. The number of H-pyrrole nitrogens is 1.